The van der Waals surface area contributed by atoms with Crippen LogP contribution < -0.4 is 0 Å². The Bertz CT molecular complexity index is 778. The van der Waals surface area contributed by atoms with Crippen LogP contribution in [0.1, 0.15) is 51.8 Å². The van der Waals surface area contributed by atoms with Crippen molar-refractivity contribution in [1.29, 1.82) is 0 Å². The largest absolute Gasteiger partial charge is 0.451 e. The molecule has 23 heavy (non-hydrogen) atoms. The van der Waals surface area contributed by atoms with Crippen LogP contribution in [0, 0.1) is 0 Å². The third kappa shape index (κ3) is 3.05. The van der Waals surface area contributed by atoms with E-state index in [4.69, 9.17) is 8.83 Å². The van der Waals surface area contributed by atoms with Gasteiger partial charge in [0.05, 0.1) is 5.56 Å². The summed E-state index contributed by atoms with van der Waals surface area (Å²) in [6, 6.07) is 1.44. The molecule has 7 nitrogen and oxygen atoms in total. The van der Waals surface area contributed by atoms with E-state index in [1.54, 1.807) is 0 Å². The first-order valence-corrected chi connectivity index (χ1v) is 9.27. The summed E-state index contributed by atoms with van der Waals surface area (Å²) >= 11 is 0. The van der Waals surface area contributed by atoms with Crippen molar-refractivity contribution in [1.82, 2.24) is 14.5 Å². The molecule has 0 unspecified atom stereocenters. The molecule has 0 saturated carbocycles. The molecule has 2 aromatic rings. The number of sulfonamides is 1. The Morgan fingerprint density at radius 2 is 2.09 bits per heavy atom. The number of rotatable bonds is 4. The van der Waals surface area contributed by atoms with E-state index >= 15 is 0 Å². The normalized spacial score (nSPS) is 20.3. The van der Waals surface area contributed by atoms with E-state index in [0.29, 0.717) is 18.0 Å². The van der Waals surface area contributed by atoms with Crippen LogP contribution in [-0.4, -0.2) is 35.5 Å². The maximum absolute atomic E-state index is 12.7. The van der Waals surface area contributed by atoms with Gasteiger partial charge in [0, 0.05) is 24.6 Å². The molecule has 126 valence electrons. The van der Waals surface area contributed by atoms with Gasteiger partial charge in [0.25, 0.3) is 15.9 Å². The number of furan rings is 1. The van der Waals surface area contributed by atoms with Gasteiger partial charge in [-0.3, -0.25) is 0 Å². The highest BCUT2D eigenvalue weighted by atomic mass is 32.2. The number of hydrogen-bond donors (Lipinski definition) is 0. The molecule has 2 aromatic heterocycles. The first-order chi connectivity index (χ1) is 10.9. The van der Waals surface area contributed by atoms with Crippen LogP contribution in [0.5, 0.6) is 0 Å². The zero-order chi connectivity index (χ0) is 16.6. The molecule has 1 aliphatic rings. The van der Waals surface area contributed by atoms with Crippen LogP contribution in [0.15, 0.2) is 26.3 Å². The maximum atomic E-state index is 12.7. The molecule has 3 rings (SSSR count). The summed E-state index contributed by atoms with van der Waals surface area (Å²) in [5, 5.41) is 7.81. The van der Waals surface area contributed by atoms with E-state index < -0.39 is 10.0 Å². The lowest BCUT2D eigenvalue weighted by atomic mass is 10.1. The van der Waals surface area contributed by atoms with Gasteiger partial charge < -0.3 is 8.83 Å². The molecule has 1 fully saturated rings. The van der Waals surface area contributed by atoms with E-state index in [1.165, 1.54) is 16.6 Å². The Hall–Kier alpha value is -1.67. The van der Waals surface area contributed by atoms with Gasteiger partial charge >= 0.3 is 0 Å². The lowest BCUT2D eigenvalue weighted by Crippen LogP contribution is -2.41. The van der Waals surface area contributed by atoms with Crippen molar-refractivity contribution in [3.8, 4) is 11.5 Å². The quantitative estimate of drug-likeness (QED) is 0.850. The van der Waals surface area contributed by atoms with E-state index in [1.807, 2.05) is 20.8 Å². The third-order valence-corrected chi connectivity index (χ3v) is 5.94. The van der Waals surface area contributed by atoms with E-state index in [2.05, 4.69) is 10.2 Å². The Labute approximate surface area is 135 Å². The molecule has 0 radical (unpaired) electrons. The summed E-state index contributed by atoms with van der Waals surface area (Å²) < 4.78 is 37.8. The standard InChI is InChI=1S/C15H21N3O4S/c1-10(2)14-16-17-15(22-14)12-8-13(21-9-12)23(19,20)18-7-5-4-6-11(18)3/h8-11H,4-7H2,1-3H3/t11-/m1/s1. The van der Waals surface area contributed by atoms with Crippen molar-refractivity contribution in [2.75, 3.05) is 6.54 Å². The highest BCUT2D eigenvalue weighted by Crippen LogP contribution is 2.29. The molecule has 0 bridgehead atoms. The van der Waals surface area contributed by atoms with E-state index in [-0.39, 0.29) is 22.9 Å². The van der Waals surface area contributed by atoms with Gasteiger partial charge in [-0.05, 0) is 19.8 Å². The molecule has 1 aliphatic heterocycles. The van der Waals surface area contributed by atoms with Crippen molar-refractivity contribution in [2.24, 2.45) is 0 Å². The lowest BCUT2D eigenvalue weighted by molar-refractivity contribution is 0.262. The second-order valence-electron chi connectivity index (χ2n) is 6.22. The van der Waals surface area contributed by atoms with Crippen molar-refractivity contribution >= 4 is 10.0 Å². The zero-order valence-corrected chi connectivity index (χ0v) is 14.3. The maximum Gasteiger partial charge on any atom is 0.276 e. The Balaban J connectivity index is 1.88. The second-order valence-corrected chi connectivity index (χ2v) is 8.04. The molecule has 1 saturated heterocycles. The van der Waals surface area contributed by atoms with Crippen LogP contribution in [0.25, 0.3) is 11.5 Å². The molecule has 0 amide bonds. The molecule has 0 aliphatic carbocycles. The number of aromatic nitrogens is 2. The minimum atomic E-state index is -3.63. The van der Waals surface area contributed by atoms with Gasteiger partial charge in [0.15, 0.2) is 0 Å². The molecule has 8 heteroatoms. The number of hydrogen-bond acceptors (Lipinski definition) is 6. The molecular formula is C15H21N3O4S. The number of piperidine rings is 1. The summed E-state index contributed by atoms with van der Waals surface area (Å²) in [4.78, 5) is 0. The fourth-order valence-electron chi connectivity index (χ4n) is 2.69. The van der Waals surface area contributed by atoms with Crippen molar-refractivity contribution in [3.63, 3.8) is 0 Å². The Morgan fingerprint density at radius 1 is 1.30 bits per heavy atom. The SMILES string of the molecule is CC(C)c1nnc(-c2coc(S(=O)(=O)N3CCCC[C@H]3C)c2)o1. The number of nitrogens with zero attached hydrogens (tertiary/aromatic N) is 3. The highest BCUT2D eigenvalue weighted by Gasteiger charge is 2.33. The van der Waals surface area contributed by atoms with Gasteiger partial charge in [0.2, 0.25) is 11.0 Å². The Morgan fingerprint density at radius 3 is 2.74 bits per heavy atom. The summed E-state index contributed by atoms with van der Waals surface area (Å²) in [6.45, 7) is 6.34. The Kier molecular flexibility index (Phi) is 4.29. The fraction of sp³-hybridized carbons (Fsp3) is 0.600. The summed E-state index contributed by atoms with van der Waals surface area (Å²) in [7, 11) is -3.63. The van der Waals surface area contributed by atoms with Gasteiger partial charge in [0.1, 0.15) is 6.26 Å². The van der Waals surface area contributed by atoms with Crippen LogP contribution in [0.4, 0.5) is 0 Å². The third-order valence-electron chi connectivity index (χ3n) is 4.06. The predicted octanol–water partition coefficient (Wildman–Crippen LogP) is 3.02. The van der Waals surface area contributed by atoms with Crippen molar-refractivity contribution in [3.05, 3.63) is 18.2 Å². The summed E-state index contributed by atoms with van der Waals surface area (Å²) in [5.41, 5.74) is 0.479. The van der Waals surface area contributed by atoms with Crippen LogP contribution in [0.3, 0.4) is 0 Å². The fourth-order valence-corrected chi connectivity index (χ4v) is 4.32. The first-order valence-electron chi connectivity index (χ1n) is 7.83. The zero-order valence-electron chi connectivity index (χ0n) is 13.5. The van der Waals surface area contributed by atoms with Gasteiger partial charge in [-0.1, -0.05) is 20.3 Å². The molecule has 0 aromatic carbocycles. The van der Waals surface area contributed by atoms with Crippen LogP contribution in [0.2, 0.25) is 0 Å². The first kappa shape index (κ1) is 16.2. The smallest absolute Gasteiger partial charge is 0.276 e. The minimum absolute atomic E-state index is 0.0155. The summed E-state index contributed by atoms with van der Waals surface area (Å²) in [5.74, 6) is 0.890. The minimum Gasteiger partial charge on any atom is -0.451 e. The van der Waals surface area contributed by atoms with Gasteiger partial charge in [-0.15, -0.1) is 10.2 Å². The van der Waals surface area contributed by atoms with Crippen LogP contribution in [-0.2, 0) is 10.0 Å². The molecule has 1 atom stereocenters. The average molecular weight is 339 g/mol. The van der Waals surface area contributed by atoms with Crippen LogP contribution >= 0.6 is 0 Å². The molecule has 0 spiro atoms. The molecule has 3 heterocycles. The van der Waals surface area contributed by atoms with E-state index in [9.17, 15) is 8.42 Å². The molecular weight excluding hydrogens is 318 g/mol. The molecule has 0 N–H and O–H groups in total. The monoisotopic (exact) mass is 339 g/mol. The van der Waals surface area contributed by atoms with Crippen molar-refractivity contribution < 1.29 is 17.3 Å². The predicted molar refractivity (Wildman–Crippen MR) is 83.3 cm³/mol. The lowest BCUT2D eigenvalue weighted by Gasteiger charge is -2.31. The van der Waals surface area contributed by atoms with E-state index in [0.717, 1.165) is 19.3 Å². The summed E-state index contributed by atoms with van der Waals surface area (Å²) in [6.07, 6.45) is 4.14. The second kappa shape index (κ2) is 6.09. The topological polar surface area (TPSA) is 89.4 Å². The van der Waals surface area contributed by atoms with Crippen molar-refractivity contribution in [2.45, 2.75) is 57.1 Å². The average Bonchev–Trinajstić information content (AvgIpc) is 3.17. The van der Waals surface area contributed by atoms with Gasteiger partial charge in [-0.2, -0.15) is 4.31 Å². The van der Waals surface area contributed by atoms with Gasteiger partial charge in [-0.25, -0.2) is 8.42 Å². The highest BCUT2D eigenvalue weighted by molar-refractivity contribution is 7.89.